The number of aliphatic hydroxyl groups excluding tert-OH is 1. The highest BCUT2D eigenvalue weighted by Crippen LogP contribution is 2.53. The number of hydrogen-bond donors (Lipinski definition) is 4. The summed E-state index contributed by atoms with van der Waals surface area (Å²) in [7, 11) is 0. The molecule has 3 aromatic carbocycles. The van der Waals surface area contributed by atoms with Gasteiger partial charge < -0.3 is 19.9 Å². The summed E-state index contributed by atoms with van der Waals surface area (Å²) in [5.74, 6) is -0.635. The average molecular weight is 670 g/mol. The predicted octanol–water partition coefficient (Wildman–Crippen LogP) is 6.58. The van der Waals surface area contributed by atoms with Crippen molar-refractivity contribution in [2.75, 3.05) is 13.1 Å². The Morgan fingerprint density at radius 3 is 2.35 bits per heavy atom. The van der Waals surface area contributed by atoms with Gasteiger partial charge in [0.1, 0.15) is 0 Å². The maximum Gasteiger partial charge on any atom is 0.243 e. The molecule has 3 aromatic rings. The number of hydrogen-bond acceptors (Lipinski definition) is 7. The monoisotopic (exact) mass is 669 g/mol. The topological polar surface area (TPSA) is 120 Å². The molecule has 49 heavy (non-hydrogen) atoms. The van der Waals surface area contributed by atoms with Crippen molar-refractivity contribution in [2.24, 2.45) is 10.8 Å². The first-order valence-electron chi connectivity index (χ1n) is 17.6. The molecule has 4 N–H and O–H groups in total. The number of fused-ring (bicyclic) bond motifs is 2. The van der Waals surface area contributed by atoms with E-state index in [1.807, 2.05) is 24.3 Å². The van der Waals surface area contributed by atoms with Crippen molar-refractivity contribution in [1.29, 1.82) is 0 Å². The normalized spacial score (nSPS) is 26.3. The van der Waals surface area contributed by atoms with Crippen LogP contribution in [0.1, 0.15) is 100 Å². The SMILES string of the molecule is CC1(C)CC2CC(C)(CN2C[C@H]2C[C@@H](c3ccc(CO)cc3)O[C@@H](c3ccc(-c4cccc(CNC(=O)CCCC(=O)NO)c4)cc3)O2)C1. The molecule has 2 unspecified atom stereocenters. The molecule has 0 spiro atoms. The number of nitrogens with one attached hydrogen (secondary N) is 2. The van der Waals surface area contributed by atoms with Gasteiger partial charge in [0, 0.05) is 50.5 Å². The summed E-state index contributed by atoms with van der Waals surface area (Å²) in [5.41, 5.74) is 8.32. The number of hydroxylamine groups is 1. The van der Waals surface area contributed by atoms with Gasteiger partial charge in [-0.1, -0.05) is 87.5 Å². The second kappa shape index (κ2) is 15.1. The van der Waals surface area contributed by atoms with Gasteiger partial charge in [-0.3, -0.25) is 19.7 Å². The van der Waals surface area contributed by atoms with Crippen LogP contribution in [0, 0.1) is 10.8 Å². The molecule has 9 nitrogen and oxygen atoms in total. The molecular weight excluding hydrogens is 618 g/mol. The molecule has 5 atom stereocenters. The lowest BCUT2D eigenvalue weighted by molar-refractivity contribution is -0.253. The molecule has 2 bridgehead atoms. The predicted molar refractivity (Wildman–Crippen MR) is 187 cm³/mol. The van der Waals surface area contributed by atoms with Crippen molar-refractivity contribution in [3.63, 3.8) is 0 Å². The number of carbonyl (C=O) groups excluding carboxylic acids is 2. The quantitative estimate of drug-likeness (QED) is 0.127. The molecule has 2 amide bonds. The van der Waals surface area contributed by atoms with Crippen LogP contribution in [0.3, 0.4) is 0 Å². The first-order chi connectivity index (χ1) is 23.5. The molecule has 1 aliphatic carbocycles. The molecule has 3 fully saturated rings. The molecule has 262 valence electrons. The van der Waals surface area contributed by atoms with Gasteiger partial charge in [-0.15, -0.1) is 0 Å². The minimum atomic E-state index is -0.505. The first-order valence-corrected chi connectivity index (χ1v) is 17.6. The maximum atomic E-state index is 12.2. The number of amides is 2. The zero-order chi connectivity index (χ0) is 34.6. The van der Waals surface area contributed by atoms with E-state index in [1.54, 1.807) is 5.48 Å². The van der Waals surface area contributed by atoms with E-state index < -0.39 is 12.2 Å². The van der Waals surface area contributed by atoms with Crippen molar-refractivity contribution in [2.45, 2.75) is 103 Å². The van der Waals surface area contributed by atoms with E-state index in [1.165, 1.54) is 19.3 Å². The van der Waals surface area contributed by atoms with Gasteiger partial charge in [-0.2, -0.15) is 0 Å². The molecule has 9 heteroatoms. The van der Waals surface area contributed by atoms with Crippen molar-refractivity contribution >= 4 is 11.8 Å². The fraction of sp³-hybridized carbons (Fsp3) is 0.500. The molecule has 3 aliphatic rings. The van der Waals surface area contributed by atoms with Crippen LogP contribution < -0.4 is 10.8 Å². The largest absolute Gasteiger partial charge is 0.392 e. The third-order valence-electron chi connectivity index (χ3n) is 10.4. The van der Waals surface area contributed by atoms with Gasteiger partial charge in [-0.05, 0) is 70.4 Å². The number of ether oxygens (including phenoxy) is 2. The van der Waals surface area contributed by atoms with E-state index in [-0.39, 0.29) is 37.6 Å². The van der Waals surface area contributed by atoms with E-state index in [0.29, 0.717) is 29.8 Å². The summed E-state index contributed by atoms with van der Waals surface area (Å²) in [6.45, 7) is 9.69. The lowest BCUT2D eigenvalue weighted by Crippen LogP contribution is -2.42. The van der Waals surface area contributed by atoms with Crippen LogP contribution in [0.15, 0.2) is 72.8 Å². The van der Waals surface area contributed by atoms with E-state index in [9.17, 15) is 14.7 Å². The smallest absolute Gasteiger partial charge is 0.243 e. The zero-order valence-corrected chi connectivity index (χ0v) is 29.0. The average Bonchev–Trinajstić information content (AvgIpc) is 3.34. The number of likely N-dealkylation sites (tertiary alicyclic amines) is 1. The zero-order valence-electron chi connectivity index (χ0n) is 29.0. The minimum Gasteiger partial charge on any atom is -0.392 e. The number of rotatable bonds is 12. The summed E-state index contributed by atoms with van der Waals surface area (Å²) < 4.78 is 13.4. The van der Waals surface area contributed by atoms with Crippen molar-refractivity contribution in [3.05, 3.63) is 95.1 Å². The summed E-state index contributed by atoms with van der Waals surface area (Å²) in [6.07, 6.45) is 4.60. The molecule has 2 aliphatic heterocycles. The van der Waals surface area contributed by atoms with Crippen LogP contribution in [0.25, 0.3) is 11.1 Å². The number of benzene rings is 3. The lowest BCUT2D eigenvalue weighted by atomic mass is 9.65. The van der Waals surface area contributed by atoms with Gasteiger partial charge in [-0.25, -0.2) is 5.48 Å². The third kappa shape index (κ3) is 8.96. The fourth-order valence-electron chi connectivity index (χ4n) is 8.53. The van der Waals surface area contributed by atoms with E-state index in [0.717, 1.165) is 52.9 Å². The van der Waals surface area contributed by atoms with Gasteiger partial charge in [0.2, 0.25) is 11.8 Å². The number of nitrogens with zero attached hydrogens (tertiary/aromatic N) is 1. The standard InChI is InChI=1S/C40H51N3O6/c1-39(2)20-33-21-40(3,25-39)26-43(33)23-34-19-35(30-12-10-27(24-44)11-13-30)49-38(48-34)31-16-14-29(15-17-31)32-7-4-6-28(18-32)22-41-36(45)8-5-9-37(46)42-47/h4,6-7,10-18,33-35,38,44,47H,5,8-9,19-26H2,1-3H3,(H,41,45)(H,42,46)/t33?,34-,35+,38+,40?/m1/s1. The van der Waals surface area contributed by atoms with Crippen molar-refractivity contribution < 1.29 is 29.4 Å². The Balaban J connectivity index is 1.13. The molecule has 6 rings (SSSR count). The van der Waals surface area contributed by atoms with Gasteiger partial charge in [0.25, 0.3) is 0 Å². The van der Waals surface area contributed by atoms with Crippen LogP contribution in [-0.4, -0.2) is 52.3 Å². The Labute approximate surface area is 290 Å². The van der Waals surface area contributed by atoms with Gasteiger partial charge in [0.15, 0.2) is 6.29 Å². The highest BCUT2D eigenvalue weighted by molar-refractivity contribution is 5.78. The molecule has 0 aromatic heterocycles. The van der Waals surface area contributed by atoms with Crippen LogP contribution in [0.5, 0.6) is 0 Å². The van der Waals surface area contributed by atoms with Gasteiger partial charge >= 0.3 is 0 Å². The summed E-state index contributed by atoms with van der Waals surface area (Å²) in [6, 6.07) is 25.1. The van der Waals surface area contributed by atoms with Crippen LogP contribution in [0.2, 0.25) is 0 Å². The highest BCUT2D eigenvalue weighted by atomic mass is 16.7. The van der Waals surface area contributed by atoms with Gasteiger partial charge in [0.05, 0.1) is 18.8 Å². The van der Waals surface area contributed by atoms with E-state index in [4.69, 9.17) is 14.7 Å². The number of carbonyl (C=O) groups is 2. The Bertz CT molecular complexity index is 1590. The Hall–Kier alpha value is -3.60. The molecule has 2 heterocycles. The second-order valence-electron chi connectivity index (χ2n) is 15.5. The molecular formula is C40H51N3O6. The summed E-state index contributed by atoms with van der Waals surface area (Å²) in [5, 5.41) is 21.1. The second-order valence-corrected chi connectivity index (χ2v) is 15.5. The Morgan fingerprint density at radius 2 is 1.61 bits per heavy atom. The van der Waals surface area contributed by atoms with Crippen molar-refractivity contribution in [1.82, 2.24) is 15.7 Å². The highest BCUT2D eigenvalue weighted by Gasteiger charge is 2.50. The molecule has 2 saturated heterocycles. The maximum absolute atomic E-state index is 12.2. The van der Waals surface area contributed by atoms with Crippen LogP contribution in [0.4, 0.5) is 0 Å². The molecule has 1 saturated carbocycles. The fourth-order valence-corrected chi connectivity index (χ4v) is 8.53. The summed E-state index contributed by atoms with van der Waals surface area (Å²) >= 11 is 0. The summed E-state index contributed by atoms with van der Waals surface area (Å²) in [4.78, 5) is 26.1. The lowest BCUT2D eigenvalue weighted by Gasteiger charge is -2.41. The molecule has 0 radical (unpaired) electrons. The van der Waals surface area contributed by atoms with Crippen LogP contribution in [-0.2, 0) is 32.2 Å². The van der Waals surface area contributed by atoms with E-state index >= 15 is 0 Å². The Morgan fingerprint density at radius 1 is 0.878 bits per heavy atom. The first kappa shape index (κ1) is 35.2. The van der Waals surface area contributed by atoms with Crippen LogP contribution >= 0.6 is 0 Å². The Kier molecular flexibility index (Phi) is 10.9. The number of aliphatic hydroxyl groups is 1. The van der Waals surface area contributed by atoms with E-state index in [2.05, 4.69) is 79.5 Å². The minimum absolute atomic E-state index is 0.0168. The van der Waals surface area contributed by atoms with Crippen molar-refractivity contribution in [3.8, 4) is 11.1 Å². The third-order valence-corrected chi connectivity index (χ3v) is 10.4.